The fourth-order valence-electron chi connectivity index (χ4n) is 3.62. The molecule has 0 saturated carbocycles. The number of Topliss-reactive ketones (excluding diaryl/α,β-unsaturated/α-hetero) is 1. The Morgan fingerprint density at radius 2 is 1.93 bits per heavy atom. The number of benzene rings is 1. The van der Waals surface area contributed by atoms with Crippen molar-refractivity contribution in [3.05, 3.63) is 42.0 Å². The van der Waals surface area contributed by atoms with Crippen molar-refractivity contribution in [1.29, 1.82) is 0 Å². The molecule has 0 aromatic heterocycles. The maximum atomic E-state index is 12.8. The minimum atomic E-state index is -0.578. The van der Waals surface area contributed by atoms with Gasteiger partial charge in [0.05, 0.1) is 20.6 Å². The van der Waals surface area contributed by atoms with Crippen LogP contribution in [0.25, 0.3) is 0 Å². The summed E-state index contributed by atoms with van der Waals surface area (Å²) in [5.74, 6) is 1.52. The van der Waals surface area contributed by atoms with Gasteiger partial charge in [0, 0.05) is 44.1 Å². The summed E-state index contributed by atoms with van der Waals surface area (Å²) in [6, 6.07) is 3.42. The molecule has 0 radical (unpaired) electrons. The van der Waals surface area contributed by atoms with Gasteiger partial charge in [-0.05, 0) is 6.92 Å². The van der Waals surface area contributed by atoms with E-state index in [1.165, 1.54) is 7.11 Å². The molecule has 144 valence electrons. The first-order valence-electron chi connectivity index (χ1n) is 9.08. The van der Waals surface area contributed by atoms with E-state index in [0.717, 1.165) is 0 Å². The van der Waals surface area contributed by atoms with Crippen LogP contribution >= 0.6 is 0 Å². The van der Waals surface area contributed by atoms with Crippen LogP contribution in [0.15, 0.2) is 36.4 Å². The predicted octanol–water partition coefficient (Wildman–Crippen LogP) is 3.16. The smallest absolute Gasteiger partial charge is 0.246 e. The number of allylic oxidation sites excluding steroid dienone is 3. The Morgan fingerprint density at radius 1 is 1.19 bits per heavy atom. The summed E-state index contributed by atoms with van der Waals surface area (Å²) in [7, 11) is 3.09. The fraction of sp³-hybridized carbons (Fsp3) is 0.429. The Hall–Kier alpha value is -2.76. The maximum Gasteiger partial charge on any atom is 0.246 e. The molecular formula is C21H25NO5. The Morgan fingerprint density at radius 3 is 2.56 bits per heavy atom. The topological polar surface area (TPSA) is 65.1 Å². The van der Waals surface area contributed by atoms with Crippen LogP contribution in [0.1, 0.15) is 36.5 Å². The molecule has 1 fully saturated rings. The second kappa shape index (κ2) is 7.86. The lowest BCUT2D eigenvalue weighted by atomic mass is 9.82. The zero-order chi connectivity index (χ0) is 19.4. The second-order valence-corrected chi connectivity index (χ2v) is 6.80. The summed E-state index contributed by atoms with van der Waals surface area (Å²) < 4.78 is 16.9. The van der Waals surface area contributed by atoms with Crippen molar-refractivity contribution >= 4 is 11.7 Å². The molecule has 2 aliphatic heterocycles. The third-order valence-electron chi connectivity index (χ3n) is 5.11. The molecule has 3 rings (SSSR count). The van der Waals surface area contributed by atoms with Gasteiger partial charge in [0.2, 0.25) is 5.91 Å². The van der Waals surface area contributed by atoms with Gasteiger partial charge in [-0.3, -0.25) is 9.59 Å². The van der Waals surface area contributed by atoms with Crippen LogP contribution in [0, 0.1) is 0 Å². The third-order valence-corrected chi connectivity index (χ3v) is 5.11. The Kier molecular flexibility index (Phi) is 5.54. The third kappa shape index (κ3) is 3.84. The van der Waals surface area contributed by atoms with Crippen LogP contribution in [0.5, 0.6) is 17.2 Å². The van der Waals surface area contributed by atoms with E-state index in [2.05, 4.69) is 0 Å². The van der Waals surface area contributed by atoms with Crippen molar-refractivity contribution in [2.24, 2.45) is 0 Å². The number of ketones is 1. The summed E-state index contributed by atoms with van der Waals surface area (Å²) in [4.78, 5) is 26.9. The van der Waals surface area contributed by atoms with Gasteiger partial charge in [-0.2, -0.15) is 0 Å². The molecule has 0 unspecified atom stereocenters. The lowest BCUT2D eigenvalue weighted by molar-refractivity contribution is -0.129. The highest BCUT2D eigenvalue weighted by molar-refractivity contribution is 6.03. The van der Waals surface area contributed by atoms with Gasteiger partial charge in [0.1, 0.15) is 28.4 Å². The number of hydrogen-bond donors (Lipinski definition) is 0. The number of fused-ring (bicyclic) bond motifs is 1. The number of carbonyl (C=O) groups is 2. The van der Waals surface area contributed by atoms with E-state index in [1.54, 1.807) is 36.3 Å². The molecule has 1 saturated heterocycles. The number of likely N-dealkylation sites (tertiary alicyclic amines) is 1. The van der Waals surface area contributed by atoms with Crippen molar-refractivity contribution < 1.29 is 23.8 Å². The SMILES string of the molecule is C/C=C/C=C/C(=O)N1CCC2(CC1)CC(=O)c1c(OC)cc(OC)cc1O2. The van der Waals surface area contributed by atoms with Crippen molar-refractivity contribution in [3.8, 4) is 17.2 Å². The predicted molar refractivity (Wildman–Crippen MR) is 102 cm³/mol. The molecule has 1 amide bonds. The summed E-state index contributed by atoms with van der Waals surface area (Å²) in [6.45, 7) is 3.02. The van der Waals surface area contributed by atoms with E-state index in [4.69, 9.17) is 14.2 Å². The normalized spacial score (nSPS) is 18.6. The van der Waals surface area contributed by atoms with Gasteiger partial charge in [-0.25, -0.2) is 0 Å². The molecule has 0 atom stereocenters. The standard InChI is InChI=1S/C21H25NO5/c1-4-5-6-7-19(24)22-10-8-21(9-11-22)14-16(23)20-17(26-3)12-15(25-2)13-18(20)27-21/h4-7,12-13H,8-11,14H2,1-3H3/b5-4+,7-6+. The number of piperidine rings is 1. The summed E-state index contributed by atoms with van der Waals surface area (Å²) >= 11 is 0. The maximum absolute atomic E-state index is 12.8. The van der Waals surface area contributed by atoms with Gasteiger partial charge < -0.3 is 19.1 Å². The first-order valence-corrected chi connectivity index (χ1v) is 9.08. The second-order valence-electron chi connectivity index (χ2n) is 6.80. The highest BCUT2D eigenvalue weighted by Gasteiger charge is 2.44. The highest BCUT2D eigenvalue weighted by Crippen LogP contribution is 2.44. The van der Waals surface area contributed by atoms with Crippen LogP contribution in [-0.4, -0.2) is 49.5 Å². The molecule has 2 aliphatic rings. The molecule has 27 heavy (non-hydrogen) atoms. The van der Waals surface area contributed by atoms with Crippen molar-refractivity contribution in [2.75, 3.05) is 27.3 Å². The van der Waals surface area contributed by atoms with E-state index in [9.17, 15) is 9.59 Å². The van der Waals surface area contributed by atoms with Crippen LogP contribution in [-0.2, 0) is 4.79 Å². The quantitative estimate of drug-likeness (QED) is 0.601. The minimum Gasteiger partial charge on any atom is -0.496 e. The number of methoxy groups -OCH3 is 2. The lowest BCUT2D eigenvalue weighted by Crippen LogP contribution is -2.52. The molecule has 6 nitrogen and oxygen atoms in total. The number of ether oxygens (including phenoxy) is 3. The highest BCUT2D eigenvalue weighted by atomic mass is 16.5. The molecule has 2 heterocycles. The molecule has 0 N–H and O–H groups in total. The number of hydrogen-bond acceptors (Lipinski definition) is 5. The molecule has 1 spiro atoms. The van der Waals surface area contributed by atoms with Crippen LogP contribution in [0.3, 0.4) is 0 Å². The van der Waals surface area contributed by atoms with Crippen molar-refractivity contribution in [3.63, 3.8) is 0 Å². The number of carbonyl (C=O) groups excluding carboxylic acids is 2. The van der Waals surface area contributed by atoms with Gasteiger partial charge in [-0.15, -0.1) is 0 Å². The zero-order valence-corrected chi connectivity index (χ0v) is 16.0. The molecular weight excluding hydrogens is 346 g/mol. The average molecular weight is 371 g/mol. The molecule has 1 aromatic carbocycles. The first kappa shape index (κ1) is 19.0. The minimum absolute atomic E-state index is 0.00325. The monoisotopic (exact) mass is 371 g/mol. The van der Waals surface area contributed by atoms with Gasteiger partial charge in [-0.1, -0.05) is 18.2 Å². The Bertz CT molecular complexity index is 788. The van der Waals surface area contributed by atoms with Crippen molar-refractivity contribution in [1.82, 2.24) is 4.90 Å². The van der Waals surface area contributed by atoms with E-state index in [-0.39, 0.29) is 11.7 Å². The van der Waals surface area contributed by atoms with Gasteiger partial charge >= 0.3 is 0 Å². The number of amides is 1. The summed E-state index contributed by atoms with van der Waals surface area (Å²) in [6.07, 6.45) is 8.51. The van der Waals surface area contributed by atoms with Gasteiger partial charge in [0.25, 0.3) is 0 Å². The number of rotatable bonds is 4. The largest absolute Gasteiger partial charge is 0.496 e. The molecule has 0 aliphatic carbocycles. The van der Waals surface area contributed by atoms with Crippen molar-refractivity contribution in [2.45, 2.75) is 31.8 Å². The van der Waals surface area contributed by atoms with E-state index in [1.807, 2.05) is 19.1 Å². The Labute approximate surface area is 159 Å². The summed E-state index contributed by atoms with van der Waals surface area (Å²) in [5.41, 5.74) is -0.109. The van der Waals surface area contributed by atoms with Crippen LogP contribution in [0.4, 0.5) is 0 Å². The summed E-state index contributed by atoms with van der Waals surface area (Å²) in [5, 5.41) is 0. The van der Waals surface area contributed by atoms with E-state index in [0.29, 0.717) is 55.2 Å². The molecule has 6 heteroatoms. The van der Waals surface area contributed by atoms with Crippen LogP contribution in [0.2, 0.25) is 0 Å². The molecule has 1 aromatic rings. The first-order chi connectivity index (χ1) is 13.0. The fourth-order valence-corrected chi connectivity index (χ4v) is 3.62. The zero-order valence-electron chi connectivity index (χ0n) is 16.0. The average Bonchev–Trinajstić information content (AvgIpc) is 2.67. The van der Waals surface area contributed by atoms with Crippen LogP contribution < -0.4 is 14.2 Å². The van der Waals surface area contributed by atoms with E-state index >= 15 is 0 Å². The van der Waals surface area contributed by atoms with Gasteiger partial charge in [0.15, 0.2) is 5.78 Å². The Balaban J connectivity index is 1.77. The number of nitrogens with zero attached hydrogens (tertiary/aromatic N) is 1. The molecule has 0 bridgehead atoms. The van der Waals surface area contributed by atoms with E-state index < -0.39 is 5.60 Å². The lowest BCUT2D eigenvalue weighted by Gasteiger charge is -2.44.